The number of piperidine rings is 1. The molecule has 2 unspecified atom stereocenters. The van der Waals surface area contributed by atoms with Crippen molar-refractivity contribution in [1.82, 2.24) is 14.9 Å². The maximum Gasteiger partial charge on any atom is 0.222 e. The molecular formula is C29H33N3O3. The molecule has 0 spiro atoms. The molecule has 1 saturated heterocycles. The average molecular weight is 472 g/mol. The molecule has 1 aliphatic heterocycles. The van der Waals surface area contributed by atoms with Crippen LogP contribution >= 0.6 is 0 Å². The van der Waals surface area contributed by atoms with E-state index in [4.69, 9.17) is 0 Å². The summed E-state index contributed by atoms with van der Waals surface area (Å²) in [5, 5.41) is 9.97. The third-order valence-corrected chi connectivity index (χ3v) is 6.91. The monoisotopic (exact) mass is 471 g/mol. The minimum Gasteiger partial charge on any atom is -0.396 e. The highest BCUT2D eigenvalue weighted by Gasteiger charge is 2.30. The van der Waals surface area contributed by atoms with E-state index in [-0.39, 0.29) is 36.6 Å². The number of hydrogen-bond acceptors (Lipinski definition) is 5. The number of carbonyl (C=O) groups excluding carboxylic acids is 2. The molecule has 0 aliphatic carbocycles. The Bertz CT molecular complexity index is 1140. The Morgan fingerprint density at radius 1 is 1.06 bits per heavy atom. The fourth-order valence-corrected chi connectivity index (χ4v) is 4.61. The van der Waals surface area contributed by atoms with E-state index in [1.165, 1.54) is 5.56 Å². The van der Waals surface area contributed by atoms with E-state index in [1.54, 1.807) is 4.90 Å². The smallest absolute Gasteiger partial charge is 0.222 e. The molecule has 3 aromatic rings. The zero-order valence-corrected chi connectivity index (χ0v) is 20.5. The fraction of sp³-hybridized carbons (Fsp3) is 0.379. The number of nitrogens with zero attached hydrogens (tertiary/aromatic N) is 3. The van der Waals surface area contributed by atoms with E-state index in [2.05, 4.69) is 41.2 Å². The van der Waals surface area contributed by atoms with Crippen LogP contribution in [-0.4, -0.2) is 51.4 Å². The fourth-order valence-electron chi connectivity index (χ4n) is 4.61. The van der Waals surface area contributed by atoms with Gasteiger partial charge in [-0.15, -0.1) is 0 Å². The van der Waals surface area contributed by atoms with Gasteiger partial charge in [-0.25, -0.2) is 9.97 Å². The number of aliphatic hydroxyl groups excluding tert-OH is 1. The van der Waals surface area contributed by atoms with Crippen molar-refractivity contribution >= 4 is 11.7 Å². The van der Waals surface area contributed by atoms with E-state index in [9.17, 15) is 14.7 Å². The van der Waals surface area contributed by atoms with Gasteiger partial charge in [0.25, 0.3) is 0 Å². The predicted molar refractivity (Wildman–Crippen MR) is 136 cm³/mol. The van der Waals surface area contributed by atoms with Crippen molar-refractivity contribution in [2.24, 2.45) is 5.92 Å². The van der Waals surface area contributed by atoms with Crippen LogP contribution in [0.2, 0.25) is 0 Å². The molecular weight excluding hydrogens is 438 g/mol. The molecule has 2 heterocycles. The van der Waals surface area contributed by atoms with Crippen molar-refractivity contribution in [2.45, 2.75) is 45.4 Å². The summed E-state index contributed by atoms with van der Waals surface area (Å²) in [6.45, 7) is 5.04. The highest BCUT2D eigenvalue weighted by molar-refractivity contribution is 5.85. The SMILES string of the molecule is CCN1CC(C(=O)CC(CO)c2ccc(Cc3ncc(-c4ccc(C)cc4)cn3)cc2)CCC1=O. The van der Waals surface area contributed by atoms with E-state index >= 15 is 0 Å². The van der Waals surface area contributed by atoms with Crippen molar-refractivity contribution in [3.63, 3.8) is 0 Å². The van der Waals surface area contributed by atoms with Crippen molar-refractivity contribution in [1.29, 1.82) is 0 Å². The van der Waals surface area contributed by atoms with Crippen molar-refractivity contribution in [3.8, 4) is 11.1 Å². The van der Waals surface area contributed by atoms with Gasteiger partial charge in [-0.05, 0) is 37.0 Å². The van der Waals surface area contributed by atoms with Gasteiger partial charge in [0.1, 0.15) is 11.6 Å². The Labute approximate surface area is 207 Å². The molecule has 6 nitrogen and oxygen atoms in total. The summed E-state index contributed by atoms with van der Waals surface area (Å²) in [6, 6.07) is 16.3. The summed E-state index contributed by atoms with van der Waals surface area (Å²) in [6.07, 6.45) is 5.64. The van der Waals surface area contributed by atoms with Gasteiger partial charge in [-0.2, -0.15) is 0 Å². The minimum atomic E-state index is -0.241. The quantitative estimate of drug-likeness (QED) is 0.502. The lowest BCUT2D eigenvalue weighted by molar-refractivity contribution is -0.137. The van der Waals surface area contributed by atoms with Crippen LogP contribution in [0.4, 0.5) is 0 Å². The Hall–Kier alpha value is -3.38. The van der Waals surface area contributed by atoms with Crippen LogP contribution in [0.1, 0.15) is 54.6 Å². The Kier molecular flexibility index (Phi) is 8.03. The molecule has 2 atom stereocenters. The predicted octanol–water partition coefficient (Wildman–Crippen LogP) is 4.34. The van der Waals surface area contributed by atoms with Crippen molar-refractivity contribution < 1.29 is 14.7 Å². The number of likely N-dealkylation sites (tertiary alicyclic amines) is 1. The second kappa shape index (κ2) is 11.4. The van der Waals surface area contributed by atoms with Crippen LogP contribution in [0.25, 0.3) is 11.1 Å². The van der Waals surface area contributed by atoms with Gasteiger partial charge in [0.15, 0.2) is 0 Å². The Balaban J connectivity index is 1.36. The number of ketones is 1. The lowest BCUT2D eigenvalue weighted by atomic mass is 9.85. The normalized spacial score (nSPS) is 16.8. The molecule has 1 aliphatic rings. The maximum absolute atomic E-state index is 12.9. The summed E-state index contributed by atoms with van der Waals surface area (Å²) < 4.78 is 0. The van der Waals surface area contributed by atoms with Crippen LogP contribution in [-0.2, 0) is 16.0 Å². The number of aromatic nitrogens is 2. The number of aliphatic hydroxyl groups is 1. The van der Waals surface area contributed by atoms with Crippen LogP contribution in [0.15, 0.2) is 60.9 Å². The van der Waals surface area contributed by atoms with Gasteiger partial charge in [0, 0.05) is 62.1 Å². The zero-order valence-electron chi connectivity index (χ0n) is 20.5. The third-order valence-electron chi connectivity index (χ3n) is 6.91. The summed E-state index contributed by atoms with van der Waals surface area (Å²) in [5.41, 5.74) is 5.32. The lowest BCUT2D eigenvalue weighted by Crippen LogP contribution is -2.42. The van der Waals surface area contributed by atoms with Crippen LogP contribution < -0.4 is 0 Å². The first-order valence-corrected chi connectivity index (χ1v) is 12.3. The Morgan fingerprint density at radius 3 is 2.37 bits per heavy atom. The average Bonchev–Trinajstić information content (AvgIpc) is 2.89. The van der Waals surface area contributed by atoms with Gasteiger partial charge >= 0.3 is 0 Å². The molecule has 0 saturated carbocycles. The molecule has 0 radical (unpaired) electrons. The number of benzene rings is 2. The highest BCUT2D eigenvalue weighted by Crippen LogP contribution is 2.26. The largest absolute Gasteiger partial charge is 0.396 e. The molecule has 6 heteroatoms. The number of carbonyl (C=O) groups is 2. The number of aryl methyl sites for hydroxylation is 1. The third kappa shape index (κ3) is 6.20. The van der Waals surface area contributed by atoms with E-state index in [0.29, 0.717) is 32.4 Å². The molecule has 182 valence electrons. The highest BCUT2D eigenvalue weighted by atomic mass is 16.3. The van der Waals surface area contributed by atoms with Crippen LogP contribution in [0.5, 0.6) is 0 Å². The standard InChI is InChI=1S/C29H33N3O3/c1-3-32-18-24(12-13-29(32)35)27(34)15-25(19-33)22-10-6-21(7-11-22)14-28-30-16-26(17-31-28)23-8-4-20(2)5-9-23/h4-11,16-17,24-25,33H,3,12-15,18-19H2,1-2H3. The number of Topliss-reactive ketones (excluding diaryl/α,β-unsaturated/α-hetero) is 1. The number of hydrogen-bond donors (Lipinski definition) is 1. The second-order valence-electron chi connectivity index (χ2n) is 9.39. The first-order chi connectivity index (χ1) is 17.0. The zero-order chi connectivity index (χ0) is 24.8. The van der Waals surface area contributed by atoms with E-state index < -0.39 is 0 Å². The van der Waals surface area contributed by atoms with E-state index in [0.717, 1.165) is 28.1 Å². The van der Waals surface area contributed by atoms with Gasteiger partial charge in [-0.3, -0.25) is 9.59 Å². The minimum absolute atomic E-state index is 0.0855. The summed E-state index contributed by atoms with van der Waals surface area (Å²) in [7, 11) is 0. The van der Waals surface area contributed by atoms with Crippen molar-refractivity contribution in [2.75, 3.05) is 19.7 Å². The maximum atomic E-state index is 12.9. The number of amides is 1. The molecule has 4 rings (SSSR count). The van der Waals surface area contributed by atoms with Gasteiger partial charge in [-0.1, -0.05) is 54.1 Å². The molecule has 1 N–H and O–H groups in total. The van der Waals surface area contributed by atoms with Crippen LogP contribution in [0, 0.1) is 12.8 Å². The molecule has 1 amide bonds. The van der Waals surface area contributed by atoms with Gasteiger partial charge in [0.2, 0.25) is 5.91 Å². The topological polar surface area (TPSA) is 83.4 Å². The first-order valence-electron chi connectivity index (χ1n) is 12.3. The lowest BCUT2D eigenvalue weighted by Gasteiger charge is -2.31. The summed E-state index contributed by atoms with van der Waals surface area (Å²) >= 11 is 0. The molecule has 1 fully saturated rings. The molecule has 0 bridgehead atoms. The molecule has 35 heavy (non-hydrogen) atoms. The summed E-state index contributed by atoms with van der Waals surface area (Å²) in [5.74, 6) is 0.617. The first kappa shape index (κ1) is 24.7. The van der Waals surface area contributed by atoms with Crippen molar-refractivity contribution in [3.05, 3.63) is 83.4 Å². The molecule has 2 aromatic carbocycles. The summed E-state index contributed by atoms with van der Waals surface area (Å²) in [4.78, 5) is 35.6. The molecule has 1 aromatic heterocycles. The van der Waals surface area contributed by atoms with Crippen LogP contribution in [0.3, 0.4) is 0 Å². The second-order valence-corrected chi connectivity index (χ2v) is 9.39. The van der Waals surface area contributed by atoms with Gasteiger partial charge < -0.3 is 10.0 Å². The number of rotatable bonds is 9. The van der Waals surface area contributed by atoms with E-state index in [1.807, 2.05) is 43.6 Å². The Morgan fingerprint density at radius 2 is 1.74 bits per heavy atom. The van der Waals surface area contributed by atoms with Gasteiger partial charge in [0.05, 0.1) is 6.61 Å².